The minimum absolute atomic E-state index is 0.0644. The molecular formula is C26H19F3O7. The van der Waals surface area contributed by atoms with Crippen LogP contribution in [0.3, 0.4) is 0 Å². The number of esters is 1. The number of hydrogen-bond acceptors (Lipinski definition) is 7. The normalized spacial score (nSPS) is 11.3. The molecule has 0 radical (unpaired) electrons. The molecule has 1 aromatic heterocycles. The molecule has 1 heterocycles. The van der Waals surface area contributed by atoms with Gasteiger partial charge in [-0.3, -0.25) is 4.79 Å². The van der Waals surface area contributed by atoms with Gasteiger partial charge in [0.1, 0.15) is 28.6 Å². The summed E-state index contributed by atoms with van der Waals surface area (Å²) in [6.45, 7) is 0. The highest BCUT2D eigenvalue weighted by atomic mass is 19.4. The summed E-state index contributed by atoms with van der Waals surface area (Å²) >= 11 is 0. The molecule has 4 aromatic rings. The molecule has 0 atom stereocenters. The van der Waals surface area contributed by atoms with E-state index in [0.717, 1.165) is 6.07 Å². The van der Waals surface area contributed by atoms with E-state index < -0.39 is 34.5 Å². The molecule has 0 spiro atoms. The number of carbonyl (C=O) groups is 1. The number of rotatable bonds is 6. The smallest absolute Gasteiger partial charge is 0.450 e. The zero-order chi connectivity index (χ0) is 26.0. The van der Waals surface area contributed by atoms with Gasteiger partial charge in [0.05, 0.1) is 37.8 Å². The van der Waals surface area contributed by atoms with Crippen molar-refractivity contribution in [2.45, 2.75) is 6.18 Å². The largest absolute Gasteiger partial charge is 0.497 e. The molecule has 0 fully saturated rings. The summed E-state index contributed by atoms with van der Waals surface area (Å²) in [5, 5.41) is -0.133. The number of carbonyl (C=O) groups excluding carboxylic acids is 1. The summed E-state index contributed by atoms with van der Waals surface area (Å²) in [6, 6.07) is 13.8. The number of benzene rings is 3. The predicted molar refractivity (Wildman–Crippen MR) is 124 cm³/mol. The maximum Gasteiger partial charge on any atom is 0.450 e. The van der Waals surface area contributed by atoms with E-state index >= 15 is 0 Å². The van der Waals surface area contributed by atoms with E-state index in [2.05, 4.69) is 0 Å². The van der Waals surface area contributed by atoms with Gasteiger partial charge in [-0.05, 0) is 30.3 Å². The first-order valence-electron chi connectivity index (χ1n) is 10.4. The minimum Gasteiger partial charge on any atom is -0.497 e. The minimum atomic E-state index is -4.99. The summed E-state index contributed by atoms with van der Waals surface area (Å²) < 4.78 is 67.8. The first-order chi connectivity index (χ1) is 17.2. The first kappa shape index (κ1) is 24.6. The molecule has 186 valence electrons. The molecule has 0 N–H and O–H groups in total. The van der Waals surface area contributed by atoms with Crippen LogP contribution in [0.25, 0.3) is 22.1 Å². The van der Waals surface area contributed by atoms with Crippen molar-refractivity contribution in [1.82, 2.24) is 0 Å². The Morgan fingerprint density at radius 2 is 1.50 bits per heavy atom. The standard InChI is InChI=1S/C26H19F3O7/c1-32-16-10-14(11-17(12-16)33-2)25(31)35-15-8-9-19-21(13-15)36-24(26(27,28)29)22(23(19)30)18-6-4-5-7-20(18)34-3/h4-13H,1-3H3. The Morgan fingerprint density at radius 1 is 0.833 bits per heavy atom. The van der Waals surface area contributed by atoms with E-state index in [1.165, 1.54) is 63.8 Å². The van der Waals surface area contributed by atoms with E-state index in [9.17, 15) is 22.8 Å². The van der Waals surface area contributed by atoms with Crippen LogP contribution in [0, 0.1) is 0 Å². The van der Waals surface area contributed by atoms with Gasteiger partial charge in [-0.2, -0.15) is 13.2 Å². The van der Waals surface area contributed by atoms with Crippen molar-refractivity contribution in [1.29, 1.82) is 0 Å². The topological polar surface area (TPSA) is 84.2 Å². The predicted octanol–water partition coefficient (Wildman–Crippen LogP) is 5.72. The highest BCUT2D eigenvalue weighted by Gasteiger charge is 2.40. The van der Waals surface area contributed by atoms with Crippen molar-refractivity contribution in [3.8, 4) is 34.1 Å². The molecule has 0 unspecified atom stereocenters. The van der Waals surface area contributed by atoms with Crippen LogP contribution in [0.5, 0.6) is 23.0 Å². The highest BCUT2D eigenvalue weighted by molar-refractivity contribution is 5.93. The summed E-state index contributed by atoms with van der Waals surface area (Å²) in [6.07, 6.45) is -4.99. The van der Waals surface area contributed by atoms with Crippen LogP contribution in [0.15, 0.2) is 69.9 Å². The molecule has 4 rings (SSSR count). The fourth-order valence-corrected chi connectivity index (χ4v) is 3.62. The Balaban J connectivity index is 1.81. The number of ether oxygens (including phenoxy) is 4. The quantitative estimate of drug-likeness (QED) is 0.247. The van der Waals surface area contributed by atoms with Crippen molar-refractivity contribution in [2.75, 3.05) is 21.3 Å². The van der Waals surface area contributed by atoms with Gasteiger partial charge < -0.3 is 23.4 Å². The summed E-state index contributed by atoms with van der Waals surface area (Å²) in [5.74, 6) is -1.69. The van der Waals surface area contributed by atoms with Gasteiger partial charge in [0, 0.05) is 17.7 Å². The lowest BCUT2D eigenvalue weighted by Gasteiger charge is -2.15. The van der Waals surface area contributed by atoms with Crippen LogP contribution in [0.4, 0.5) is 13.2 Å². The van der Waals surface area contributed by atoms with Gasteiger partial charge in [0.2, 0.25) is 11.2 Å². The van der Waals surface area contributed by atoms with Crippen LogP contribution < -0.4 is 24.4 Å². The average Bonchev–Trinajstić information content (AvgIpc) is 2.87. The third-order valence-corrected chi connectivity index (χ3v) is 5.30. The van der Waals surface area contributed by atoms with Gasteiger partial charge in [-0.1, -0.05) is 18.2 Å². The number of methoxy groups -OCH3 is 3. The summed E-state index contributed by atoms with van der Waals surface area (Å²) in [5.41, 5.74) is -1.98. The molecular weight excluding hydrogens is 481 g/mol. The van der Waals surface area contributed by atoms with Crippen molar-refractivity contribution >= 4 is 16.9 Å². The Hall–Kier alpha value is -4.47. The molecule has 7 nitrogen and oxygen atoms in total. The molecule has 0 saturated heterocycles. The van der Waals surface area contributed by atoms with E-state index in [4.69, 9.17) is 23.4 Å². The van der Waals surface area contributed by atoms with E-state index in [1.54, 1.807) is 12.1 Å². The fourth-order valence-electron chi connectivity index (χ4n) is 3.62. The SMILES string of the molecule is COc1cc(OC)cc(C(=O)Oc2ccc3c(=O)c(-c4ccccc4OC)c(C(F)(F)F)oc3c2)c1. The third-order valence-electron chi connectivity index (χ3n) is 5.30. The molecule has 10 heteroatoms. The number of alkyl halides is 3. The fraction of sp³-hybridized carbons (Fsp3) is 0.154. The number of halogens is 3. The van der Waals surface area contributed by atoms with Crippen LogP contribution in [-0.2, 0) is 6.18 Å². The molecule has 0 aliphatic carbocycles. The molecule has 0 saturated carbocycles. The van der Waals surface area contributed by atoms with Gasteiger partial charge in [-0.25, -0.2) is 4.79 Å². The molecule has 0 amide bonds. The second kappa shape index (κ2) is 9.65. The Morgan fingerprint density at radius 3 is 2.11 bits per heavy atom. The van der Waals surface area contributed by atoms with Crippen molar-refractivity contribution < 1.29 is 41.3 Å². The number of para-hydroxylation sites is 1. The summed E-state index contributed by atoms with van der Waals surface area (Å²) in [4.78, 5) is 25.9. The van der Waals surface area contributed by atoms with Crippen LogP contribution in [-0.4, -0.2) is 27.3 Å². The second-order valence-corrected chi connectivity index (χ2v) is 7.48. The lowest BCUT2D eigenvalue weighted by Crippen LogP contribution is -2.16. The average molecular weight is 500 g/mol. The van der Waals surface area contributed by atoms with Gasteiger partial charge >= 0.3 is 12.1 Å². The number of hydrogen-bond donors (Lipinski definition) is 0. The molecule has 3 aromatic carbocycles. The lowest BCUT2D eigenvalue weighted by atomic mass is 10.0. The third kappa shape index (κ3) is 4.70. The zero-order valence-corrected chi connectivity index (χ0v) is 19.3. The Bertz CT molecular complexity index is 1480. The molecule has 36 heavy (non-hydrogen) atoms. The molecule has 0 aliphatic heterocycles. The first-order valence-corrected chi connectivity index (χ1v) is 10.4. The van der Waals surface area contributed by atoms with E-state index in [-0.39, 0.29) is 28.0 Å². The zero-order valence-electron chi connectivity index (χ0n) is 19.3. The number of fused-ring (bicyclic) bond motifs is 1. The van der Waals surface area contributed by atoms with Crippen LogP contribution >= 0.6 is 0 Å². The van der Waals surface area contributed by atoms with Gasteiger partial charge in [0.15, 0.2) is 0 Å². The van der Waals surface area contributed by atoms with Crippen molar-refractivity contribution in [3.05, 3.63) is 82.2 Å². The summed E-state index contributed by atoms with van der Waals surface area (Å²) in [7, 11) is 4.10. The maximum absolute atomic E-state index is 14.0. The lowest BCUT2D eigenvalue weighted by molar-refractivity contribution is -0.152. The van der Waals surface area contributed by atoms with E-state index in [1.807, 2.05) is 0 Å². The maximum atomic E-state index is 14.0. The second-order valence-electron chi connectivity index (χ2n) is 7.48. The van der Waals surface area contributed by atoms with Crippen LogP contribution in [0.2, 0.25) is 0 Å². The Kier molecular flexibility index (Phi) is 6.61. The van der Waals surface area contributed by atoms with Gasteiger partial charge in [0.25, 0.3) is 0 Å². The molecule has 0 bridgehead atoms. The van der Waals surface area contributed by atoms with Crippen molar-refractivity contribution in [2.24, 2.45) is 0 Å². The van der Waals surface area contributed by atoms with Crippen molar-refractivity contribution in [3.63, 3.8) is 0 Å². The van der Waals surface area contributed by atoms with E-state index in [0.29, 0.717) is 11.5 Å². The molecule has 0 aliphatic rings. The monoisotopic (exact) mass is 500 g/mol. The van der Waals surface area contributed by atoms with Gasteiger partial charge in [-0.15, -0.1) is 0 Å². The Labute approximate surface area is 202 Å². The highest BCUT2D eigenvalue weighted by Crippen LogP contribution is 2.40. The van der Waals surface area contributed by atoms with Crippen LogP contribution in [0.1, 0.15) is 16.1 Å².